The van der Waals surface area contributed by atoms with Gasteiger partial charge in [-0.15, -0.1) is 0 Å². The van der Waals surface area contributed by atoms with Crippen LogP contribution in [0.3, 0.4) is 0 Å². The van der Waals surface area contributed by atoms with Gasteiger partial charge in [0.05, 0.1) is 6.20 Å². The molecule has 0 saturated carbocycles. The molecule has 0 atom stereocenters. The zero-order chi connectivity index (χ0) is 26.3. The van der Waals surface area contributed by atoms with Crippen LogP contribution in [0.5, 0.6) is 0 Å². The van der Waals surface area contributed by atoms with E-state index in [2.05, 4.69) is 17.1 Å². The Morgan fingerprint density at radius 2 is 1.42 bits per heavy atom. The molecule has 2 heterocycles. The first-order valence-electron chi connectivity index (χ1n) is 13.0. The normalized spacial score (nSPS) is 11.1. The van der Waals surface area contributed by atoms with Crippen LogP contribution >= 0.6 is 0 Å². The van der Waals surface area contributed by atoms with E-state index in [1.165, 1.54) is 10.1 Å². The maximum Gasteiger partial charge on any atom is 0.330 e. The molecule has 0 unspecified atom stereocenters. The number of imidazole rings is 1. The van der Waals surface area contributed by atoms with Crippen molar-refractivity contribution in [2.45, 2.75) is 32.9 Å². The number of amides is 1. The molecule has 0 saturated heterocycles. The van der Waals surface area contributed by atoms with Gasteiger partial charge in [-0.2, -0.15) is 0 Å². The summed E-state index contributed by atoms with van der Waals surface area (Å²) < 4.78 is 3.19. The molecule has 0 spiro atoms. The maximum absolute atomic E-state index is 13.7. The number of carbonyl (C=O) groups is 1. The van der Waals surface area contributed by atoms with E-state index in [4.69, 9.17) is 4.98 Å². The molecule has 0 aliphatic heterocycles. The zero-order valence-corrected chi connectivity index (χ0v) is 21.5. The molecule has 5 aromatic rings. The third-order valence-electron chi connectivity index (χ3n) is 6.80. The molecule has 5 rings (SSSR count). The van der Waals surface area contributed by atoms with Gasteiger partial charge < -0.3 is 4.90 Å². The van der Waals surface area contributed by atoms with Gasteiger partial charge in [0.1, 0.15) is 12.1 Å². The first-order chi connectivity index (χ1) is 18.6. The Balaban J connectivity index is 1.47. The summed E-state index contributed by atoms with van der Waals surface area (Å²) in [6.07, 6.45) is 3.14. The lowest BCUT2D eigenvalue weighted by Crippen LogP contribution is -2.38. The highest BCUT2D eigenvalue weighted by atomic mass is 16.2. The Morgan fingerprint density at radius 3 is 2.05 bits per heavy atom. The lowest BCUT2D eigenvalue weighted by Gasteiger charge is -2.21. The molecule has 0 aliphatic rings. The van der Waals surface area contributed by atoms with Crippen molar-refractivity contribution in [3.05, 3.63) is 119 Å². The smallest absolute Gasteiger partial charge is 0.330 e. The lowest BCUT2D eigenvalue weighted by atomic mass is 10.1. The molecule has 0 fully saturated rings. The number of aryl methyl sites for hydroxylation is 2. The topological polar surface area (TPSA) is 73.0 Å². The number of hydrogen-bond acceptors (Lipinski definition) is 4. The second-order valence-corrected chi connectivity index (χ2v) is 9.23. The minimum Gasteiger partial charge on any atom is -0.341 e. The monoisotopic (exact) mass is 505 g/mol. The predicted molar refractivity (Wildman–Crippen MR) is 150 cm³/mol. The fourth-order valence-electron chi connectivity index (χ4n) is 4.67. The van der Waals surface area contributed by atoms with Crippen LogP contribution in [0, 0.1) is 0 Å². The second kappa shape index (κ2) is 11.7. The molecular weight excluding hydrogens is 474 g/mol. The van der Waals surface area contributed by atoms with Crippen LogP contribution < -0.4 is 5.69 Å². The molecule has 7 nitrogen and oxygen atoms in total. The zero-order valence-electron chi connectivity index (χ0n) is 21.5. The molecule has 3 aromatic carbocycles. The molecular formula is C31H31N5O2. The summed E-state index contributed by atoms with van der Waals surface area (Å²) in [5.74, 6) is 0.420. The lowest BCUT2D eigenvalue weighted by molar-refractivity contribution is -0.131. The maximum atomic E-state index is 13.7. The summed E-state index contributed by atoms with van der Waals surface area (Å²) in [4.78, 5) is 38.2. The van der Waals surface area contributed by atoms with Crippen LogP contribution in [0.15, 0.2) is 102 Å². The van der Waals surface area contributed by atoms with E-state index in [0.717, 1.165) is 17.5 Å². The number of rotatable bonds is 10. The average molecular weight is 506 g/mol. The summed E-state index contributed by atoms with van der Waals surface area (Å²) in [5, 5.41) is 0. The number of aromatic nitrogens is 4. The van der Waals surface area contributed by atoms with Crippen molar-refractivity contribution in [3.63, 3.8) is 0 Å². The van der Waals surface area contributed by atoms with Crippen LogP contribution in [0.25, 0.3) is 22.6 Å². The molecule has 192 valence electrons. The fourth-order valence-corrected chi connectivity index (χ4v) is 4.67. The van der Waals surface area contributed by atoms with Gasteiger partial charge in [-0.3, -0.25) is 13.9 Å². The van der Waals surface area contributed by atoms with Crippen LogP contribution in [-0.2, 0) is 30.7 Å². The predicted octanol–water partition coefficient (Wildman–Crippen LogP) is 4.59. The quantitative estimate of drug-likeness (QED) is 0.278. The Morgan fingerprint density at radius 1 is 0.816 bits per heavy atom. The third kappa shape index (κ3) is 5.57. The number of fused-ring (bicyclic) bond motifs is 1. The molecule has 1 amide bonds. The molecule has 0 aliphatic carbocycles. The van der Waals surface area contributed by atoms with Gasteiger partial charge in [0, 0.05) is 25.2 Å². The van der Waals surface area contributed by atoms with Gasteiger partial charge in [0.2, 0.25) is 5.91 Å². The Labute approximate surface area is 222 Å². The summed E-state index contributed by atoms with van der Waals surface area (Å²) in [6.45, 7) is 3.52. The molecule has 0 N–H and O–H groups in total. The Bertz CT molecular complexity index is 1560. The first-order valence-corrected chi connectivity index (χ1v) is 13.0. The van der Waals surface area contributed by atoms with E-state index in [-0.39, 0.29) is 18.1 Å². The molecule has 0 radical (unpaired) electrons. The van der Waals surface area contributed by atoms with E-state index in [9.17, 15) is 9.59 Å². The van der Waals surface area contributed by atoms with Crippen molar-refractivity contribution in [1.29, 1.82) is 0 Å². The number of nitrogens with zero attached hydrogens (tertiary/aromatic N) is 5. The largest absolute Gasteiger partial charge is 0.341 e. The standard InChI is InChI=1S/C31H31N5O2/c1-2-34(20-18-24-12-6-3-7-13-24)28(37)23-36-30-27(22-32-29(33-30)26-16-10-5-11-17-26)35(31(36)38)21-19-25-14-8-4-9-15-25/h3-17,22H,2,18-21,23H2,1H3. The Kier molecular flexibility index (Phi) is 7.73. The molecule has 0 bridgehead atoms. The summed E-state index contributed by atoms with van der Waals surface area (Å²) >= 11 is 0. The minimum atomic E-state index is -0.247. The molecule has 2 aromatic heterocycles. The average Bonchev–Trinajstić information content (AvgIpc) is 3.23. The summed E-state index contributed by atoms with van der Waals surface area (Å²) in [7, 11) is 0. The van der Waals surface area contributed by atoms with Crippen molar-refractivity contribution in [2.75, 3.05) is 13.1 Å². The SMILES string of the molecule is CCN(CCc1ccccc1)C(=O)Cn1c(=O)n(CCc2ccccc2)c2cnc(-c3ccccc3)nc21. The van der Waals surface area contributed by atoms with Crippen LogP contribution in [0.4, 0.5) is 0 Å². The van der Waals surface area contributed by atoms with E-state index >= 15 is 0 Å². The first kappa shape index (κ1) is 25.1. The Hall–Kier alpha value is -4.52. The van der Waals surface area contributed by atoms with Crippen molar-refractivity contribution in [1.82, 2.24) is 24.0 Å². The van der Waals surface area contributed by atoms with Crippen molar-refractivity contribution in [3.8, 4) is 11.4 Å². The second-order valence-electron chi connectivity index (χ2n) is 9.23. The summed E-state index contributed by atoms with van der Waals surface area (Å²) in [5.41, 5.74) is 4.03. The number of carbonyl (C=O) groups excluding carboxylic acids is 1. The van der Waals surface area contributed by atoms with E-state index < -0.39 is 0 Å². The number of benzene rings is 3. The summed E-state index contributed by atoms with van der Waals surface area (Å²) in [6, 6.07) is 29.8. The van der Waals surface area contributed by atoms with Crippen LogP contribution in [0.1, 0.15) is 18.1 Å². The minimum absolute atomic E-state index is 0.0679. The highest BCUT2D eigenvalue weighted by Crippen LogP contribution is 2.19. The van der Waals surface area contributed by atoms with Crippen molar-refractivity contribution < 1.29 is 4.79 Å². The van der Waals surface area contributed by atoms with Gasteiger partial charge in [0.15, 0.2) is 11.5 Å². The van der Waals surface area contributed by atoms with E-state index in [1.54, 1.807) is 15.7 Å². The van der Waals surface area contributed by atoms with Gasteiger partial charge in [-0.1, -0.05) is 91.0 Å². The van der Waals surface area contributed by atoms with Crippen LogP contribution in [0.2, 0.25) is 0 Å². The van der Waals surface area contributed by atoms with Gasteiger partial charge >= 0.3 is 5.69 Å². The van der Waals surface area contributed by atoms with Crippen molar-refractivity contribution in [2.24, 2.45) is 0 Å². The van der Waals surface area contributed by atoms with Crippen LogP contribution in [-0.4, -0.2) is 43.0 Å². The third-order valence-corrected chi connectivity index (χ3v) is 6.80. The number of likely N-dealkylation sites (N-methyl/N-ethyl adjacent to an activating group) is 1. The molecule has 7 heteroatoms. The van der Waals surface area contributed by atoms with Gasteiger partial charge in [-0.25, -0.2) is 14.8 Å². The van der Waals surface area contributed by atoms with E-state index in [1.807, 2.05) is 85.8 Å². The van der Waals surface area contributed by atoms with E-state index in [0.29, 0.717) is 43.0 Å². The highest BCUT2D eigenvalue weighted by molar-refractivity contribution is 5.79. The number of hydrogen-bond donors (Lipinski definition) is 0. The fraction of sp³-hybridized carbons (Fsp3) is 0.226. The molecule has 38 heavy (non-hydrogen) atoms. The van der Waals surface area contributed by atoms with Gasteiger partial charge in [0.25, 0.3) is 0 Å². The van der Waals surface area contributed by atoms with Crippen molar-refractivity contribution >= 4 is 17.1 Å². The van der Waals surface area contributed by atoms with Gasteiger partial charge in [-0.05, 0) is 30.9 Å². The highest BCUT2D eigenvalue weighted by Gasteiger charge is 2.21.